The molecule has 2 aromatic carbocycles. The molecule has 0 aliphatic rings. The normalized spacial score (nSPS) is 9.89. The molecule has 0 atom stereocenters. The number of esters is 1. The first-order chi connectivity index (χ1) is 9.13. The van der Waals surface area contributed by atoms with E-state index in [2.05, 4.69) is 0 Å². The van der Waals surface area contributed by atoms with Crippen molar-refractivity contribution in [1.82, 2.24) is 0 Å². The number of anilines is 2. The van der Waals surface area contributed by atoms with Gasteiger partial charge in [0.1, 0.15) is 11.5 Å². The van der Waals surface area contributed by atoms with Crippen molar-refractivity contribution >= 4 is 17.3 Å². The molecule has 2 rings (SSSR count). The average Bonchev–Trinajstić information content (AvgIpc) is 2.41. The largest absolute Gasteiger partial charge is 0.482 e. The van der Waals surface area contributed by atoms with E-state index in [-0.39, 0.29) is 6.61 Å². The van der Waals surface area contributed by atoms with Crippen molar-refractivity contribution in [3.63, 3.8) is 0 Å². The predicted molar refractivity (Wildman–Crippen MR) is 72.8 cm³/mol. The van der Waals surface area contributed by atoms with Crippen molar-refractivity contribution in [3.05, 3.63) is 48.5 Å². The summed E-state index contributed by atoms with van der Waals surface area (Å²) in [7, 11) is 0. The van der Waals surface area contributed by atoms with Crippen LogP contribution in [0.2, 0.25) is 0 Å². The van der Waals surface area contributed by atoms with Gasteiger partial charge in [0.2, 0.25) is 0 Å². The Morgan fingerprint density at radius 3 is 1.84 bits per heavy atom. The van der Waals surface area contributed by atoms with Gasteiger partial charge in [-0.15, -0.1) is 0 Å². The first-order valence-corrected chi connectivity index (χ1v) is 5.68. The van der Waals surface area contributed by atoms with Crippen LogP contribution in [0.1, 0.15) is 0 Å². The van der Waals surface area contributed by atoms with E-state index >= 15 is 0 Å². The molecule has 4 N–H and O–H groups in total. The second-order valence-electron chi connectivity index (χ2n) is 3.90. The molecule has 0 spiro atoms. The predicted octanol–water partition coefficient (Wildman–Crippen LogP) is 1.84. The number of nitrogen functional groups attached to an aromatic ring is 2. The number of hydrogen-bond donors (Lipinski definition) is 2. The van der Waals surface area contributed by atoms with Crippen LogP contribution in [0.25, 0.3) is 0 Å². The van der Waals surface area contributed by atoms with Crippen molar-refractivity contribution in [3.8, 4) is 11.5 Å². The van der Waals surface area contributed by atoms with Gasteiger partial charge in [-0.25, -0.2) is 4.79 Å². The van der Waals surface area contributed by atoms with E-state index in [0.29, 0.717) is 22.9 Å². The third-order valence-electron chi connectivity index (χ3n) is 2.35. The van der Waals surface area contributed by atoms with Crippen molar-refractivity contribution in [2.24, 2.45) is 0 Å². The van der Waals surface area contributed by atoms with Crippen LogP contribution in [-0.2, 0) is 4.79 Å². The SMILES string of the molecule is Nc1ccc(OCC(=O)Oc2ccc(N)cc2)cc1. The minimum absolute atomic E-state index is 0.172. The lowest BCUT2D eigenvalue weighted by Gasteiger charge is -2.07. The van der Waals surface area contributed by atoms with Gasteiger partial charge in [-0.3, -0.25) is 0 Å². The molecule has 0 aromatic heterocycles. The van der Waals surface area contributed by atoms with Crippen LogP contribution in [0, 0.1) is 0 Å². The zero-order valence-corrected chi connectivity index (χ0v) is 10.2. The smallest absolute Gasteiger partial charge is 0.349 e. The van der Waals surface area contributed by atoms with Crippen LogP contribution < -0.4 is 20.9 Å². The van der Waals surface area contributed by atoms with Crippen molar-refractivity contribution < 1.29 is 14.3 Å². The maximum absolute atomic E-state index is 11.5. The number of carbonyl (C=O) groups excluding carboxylic acids is 1. The number of ether oxygens (including phenoxy) is 2. The molecular formula is C14H14N2O3. The molecule has 0 unspecified atom stereocenters. The van der Waals surface area contributed by atoms with E-state index in [1.165, 1.54) is 0 Å². The number of nitrogens with two attached hydrogens (primary N) is 2. The third kappa shape index (κ3) is 3.92. The van der Waals surface area contributed by atoms with Gasteiger partial charge in [0, 0.05) is 11.4 Å². The van der Waals surface area contributed by atoms with Gasteiger partial charge in [0.15, 0.2) is 6.61 Å². The highest BCUT2D eigenvalue weighted by Gasteiger charge is 2.06. The summed E-state index contributed by atoms with van der Waals surface area (Å²) in [5.41, 5.74) is 12.3. The maximum Gasteiger partial charge on any atom is 0.349 e. The quantitative estimate of drug-likeness (QED) is 0.496. The van der Waals surface area contributed by atoms with Gasteiger partial charge >= 0.3 is 5.97 Å². The minimum atomic E-state index is -0.485. The van der Waals surface area contributed by atoms with Gasteiger partial charge < -0.3 is 20.9 Å². The first-order valence-electron chi connectivity index (χ1n) is 5.68. The fraction of sp³-hybridized carbons (Fsp3) is 0.0714. The Morgan fingerprint density at radius 2 is 1.32 bits per heavy atom. The molecule has 0 aliphatic carbocycles. The Bertz CT molecular complexity index is 550. The van der Waals surface area contributed by atoms with Crippen LogP contribution >= 0.6 is 0 Å². The number of carbonyl (C=O) groups is 1. The third-order valence-corrected chi connectivity index (χ3v) is 2.35. The molecule has 0 bridgehead atoms. The minimum Gasteiger partial charge on any atom is -0.482 e. The second-order valence-corrected chi connectivity index (χ2v) is 3.90. The monoisotopic (exact) mass is 258 g/mol. The highest BCUT2D eigenvalue weighted by molar-refractivity contribution is 5.74. The molecule has 98 valence electrons. The van der Waals surface area contributed by atoms with Crippen LogP contribution in [0.4, 0.5) is 11.4 Å². The fourth-order valence-corrected chi connectivity index (χ4v) is 1.40. The number of rotatable bonds is 4. The molecule has 19 heavy (non-hydrogen) atoms. The lowest BCUT2D eigenvalue weighted by molar-refractivity contribution is -0.136. The molecule has 2 aromatic rings. The zero-order valence-electron chi connectivity index (χ0n) is 10.2. The zero-order chi connectivity index (χ0) is 13.7. The van der Waals surface area contributed by atoms with E-state index < -0.39 is 5.97 Å². The Kier molecular flexibility index (Phi) is 3.87. The Hall–Kier alpha value is -2.69. The molecule has 0 saturated heterocycles. The molecule has 0 amide bonds. The average molecular weight is 258 g/mol. The van der Waals surface area contributed by atoms with E-state index in [0.717, 1.165) is 0 Å². The highest BCUT2D eigenvalue weighted by Crippen LogP contribution is 2.15. The number of hydrogen-bond acceptors (Lipinski definition) is 5. The van der Waals surface area contributed by atoms with Gasteiger partial charge in [-0.05, 0) is 48.5 Å². The number of benzene rings is 2. The summed E-state index contributed by atoms with van der Waals surface area (Å²) in [5, 5.41) is 0. The Labute approximate surface area is 110 Å². The van der Waals surface area contributed by atoms with Crippen LogP contribution in [-0.4, -0.2) is 12.6 Å². The van der Waals surface area contributed by atoms with E-state index in [1.807, 2.05) is 0 Å². The molecule has 5 nitrogen and oxygen atoms in total. The fourth-order valence-electron chi connectivity index (χ4n) is 1.40. The highest BCUT2D eigenvalue weighted by atomic mass is 16.6. The first kappa shape index (κ1) is 12.8. The lowest BCUT2D eigenvalue weighted by Crippen LogP contribution is -2.17. The molecular weight excluding hydrogens is 244 g/mol. The van der Waals surface area contributed by atoms with Crippen LogP contribution in [0.5, 0.6) is 11.5 Å². The van der Waals surface area contributed by atoms with Gasteiger partial charge in [0.25, 0.3) is 0 Å². The Balaban J connectivity index is 1.84. The van der Waals surface area contributed by atoms with Crippen LogP contribution in [0.15, 0.2) is 48.5 Å². The molecule has 0 saturated carbocycles. The van der Waals surface area contributed by atoms with E-state index in [9.17, 15) is 4.79 Å². The topological polar surface area (TPSA) is 87.6 Å². The molecule has 0 aliphatic heterocycles. The second kappa shape index (κ2) is 5.77. The van der Waals surface area contributed by atoms with Crippen molar-refractivity contribution in [1.29, 1.82) is 0 Å². The van der Waals surface area contributed by atoms with Crippen LogP contribution in [0.3, 0.4) is 0 Å². The Morgan fingerprint density at radius 1 is 0.842 bits per heavy atom. The summed E-state index contributed by atoms with van der Waals surface area (Å²) in [6.45, 7) is -0.172. The molecule has 0 radical (unpaired) electrons. The summed E-state index contributed by atoms with van der Waals surface area (Å²) < 4.78 is 10.3. The van der Waals surface area contributed by atoms with Gasteiger partial charge in [-0.2, -0.15) is 0 Å². The summed E-state index contributed by atoms with van der Waals surface area (Å²) in [4.78, 5) is 11.5. The maximum atomic E-state index is 11.5. The lowest BCUT2D eigenvalue weighted by atomic mass is 10.3. The molecule has 5 heteroatoms. The van der Waals surface area contributed by atoms with E-state index in [1.54, 1.807) is 48.5 Å². The van der Waals surface area contributed by atoms with Crippen molar-refractivity contribution in [2.75, 3.05) is 18.1 Å². The summed E-state index contributed by atoms with van der Waals surface area (Å²) in [5.74, 6) is 0.505. The van der Waals surface area contributed by atoms with Gasteiger partial charge in [0.05, 0.1) is 0 Å². The summed E-state index contributed by atoms with van der Waals surface area (Å²) >= 11 is 0. The molecule has 0 fully saturated rings. The van der Waals surface area contributed by atoms with Gasteiger partial charge in [-0.1, -0.05) is 0 Å². The molecule has 0 heterocycles. The van der Waals surface area contributed by atoms with Crippen molar-refractivity contribution in [2.45, 2.75) is 0 Å². The summed E-state index contributed by atoms with van der Waals surface area (Å²) in [6.07, 6.45) is 0. The summed E-state index contributed by atoms with van der Waals surface area (Å²) in [6, 6.07) is 13.3. The standard InChI is InChI=1S/C14H14N2O3/c15-10-1-5-12(6-2-10)18-9-14(17)19-13-7-3-11(16)4-8-13/h1-8H,9,15-16H2. The van der Waals surface area contributed by atoms with E-state index in [4.69, 9.17) is 20.9 Å².